The molecule has 232 valence electrons. The van der Waals surface area contributed by atoms with Crippen LogP contribution >= 0.6 is 0 Å². The van der Waals surface area contributed by atoms with Crippen LogP contribution in [0.2, 0.25) is 0 Å². The van der Waals surface area contributed by atoms with Gasteiger partial charge in [0.05, 0.1) is 22.9 Å². The number of hydrogen-bond donors (Lipinski definition) is 0. The Morgan fingerprint density at radius 2 is 1.18 bits per heavy atom. The summed E-state index contributed by atoms with van der Waals surface area (Å²) >= 11 is 0. The van der Waals surface area contributed by atoms with E-state index in [0.29, 0.717) is 11.8 Å². The Morgan fingerprint density at radius 3 is 2.00 bits per heavy atom. The lowest BCUT2D eigenvalue weighted by Crippen LogP contribution is -2.24. The van der Waals surface area contributed by atoms with Gasteiger partial charge in [0.15, 0.2) is 0 Å². The highest BCUT2D eigenvalue weighted by Crippen LogP contribution is 2.57. The first-order valence-electron chi connectivity index (χ1n) is 17.3. The molecule has 8 aromatic rings. The third-order valence-corrected chi connectivity index (χ3v) is 11.2. The lowest BCUT2D eigenvalue weighted by molar-refractivity contribution is 0.394. The molecule has 0 radical (unpaired) electrons. The summed E-state index contributed by atoms with van der Waals surface area (Å²) in [7, 11) is 0. The quantitative estimate of drug-likeness (QED) is 0.182. The fourth-order valence-corrected chi connectivity index (χ4v) is 8.89. The van der Waals surface area contributed by atoms with Gasteiger partial charge in [0, 0.05) is 11.5 Å². The Balaban J connectivity index is 1.35. The number of rotatable bonds is 3. The summed E-state index contributed by atoms with van der Waals surface area (Å²) in [6.07, 6.45) is 11.2. The lowest BCUT2D eigenvalue weighted by atomic mass is 9.74. The molecule has 0 saturated carbocycles. The first kappa shape index (κ1) is 28.2. The van der Waals surface area contributed by atoms with Crippen LogP contribution in [-0.4, -0.2) is 9.97 Å². The number of hydrogen-bond acceptors (Lipinski definition) is 2. The topological polar surface area (TPSA) is 25.8 Å². The molecule has 2 aliphatic rings. The Hall–Kier alpha value is -5.86. The van der Waals surface area contributed by atoms with E-state index >= 15 is 0 Å². The summed E-state index contributed by atoms with van der Waals surface area (Å²) in [6, 6.07) is 46.5. The van der Waals surface area contributed by atoms with E-state index in [-0.39, 0.29) is 5.41 Å². The van der Waals surface area contributed by atoms with Crippen molar-refractivity contribution in [3.8, 4) is 33.5 Å². The first-order chi connectivity index (χ1) is 24.1. The molecule has 0 amide bonds. The van der Waals surface area contributed by atoms with Crippen LogP contribution in [-0.2, 0) is 5.41 Å². The van der Waals surface area contributed by atoms with Crippen molar-refractivity contribution in [2.75, 3.05) is 0 Å². The predicted octanol–water partition coefficient (Wildman–Crippen LogP) is 12.2. The molecular weight excluding hydrogens is 593 g/mol. The van der Waals surface area contributed by atoms with Crippen molar-refractivity contribution in [3.05, 3.63) is 169 Å². The summed E-state index contributed by atoms with van der Waals surface area (Å²) in [6.45, 7) is 4.87. The van der Waals surface area contributed by atoms with Crippen molar-refractivity contribution >= 4 is 43.4 Å². The molecule has 10 rings (SSSR count). The zero-order valence-corrected chi connectivity index (χ0v) is 27.6. The van der Waals surface area contributed by atoms with Crippen LogP contribution in [0.25, 0.3) is 76.9 Å². The Bertz CT molecular complexity index is 2700. The molecule has 0 spiro atoms. The second-order valence-corrected chi connectivity index (χ2v) is 14.1. The van der Waals surface area contributed by atoms with Gasteiger partial charge in [-0.3, -0.25) is 4.98 Å². The van der Waals surface area contributed by atoms with Gasteiger partial charge < -0.3 is 0 Å². The summed E-state index contributed by atoms with van der Waals surface area (Å²) < 4.78 is 0. The van der Waals surface area contributed by atoms with Gasteiger partial charge in [-0.05, 0) is 101 Å². The highest BCUT2D eigenvalue weighted by Gasteiger charge is 2.45. The molecule has 2 aliphatic carbocycles. The molecule has 2 heteroatoms. The van der Waals surface area contributed by atoms with E-state index in [0.717, 1.165) is 22.3 Å². The summed E-state index contributed by atoms with van der Waals surface area (Å²) in [5.41, 5.74) is 11.7. The first-order valence-corrected chi connectivity index (χ1v) is 17.3. The molecule has 0 aliphatic heterocycles. The van der Waals surface area contributed by atoms with Gasteiger partial charge in [0.2, 0.25) is 0 Å². The molecule has 1 aromatic heterocycles. The van der Waals surface area contributed by atoms with Crippen LogP contribution in [0, 0.1) is 5.92 Å². The molecule has 1 heterocycles. The number of allylic oxidation sites excluding steroid dienone is 4. The van der Waals surface area contributed by atoms with E-state index in [2.05, 4.69) is 141 Å². The zero-order valence-electron chi connectivity index (χ0n) is 27.6. The van der Waals surface area contributed by atoms with Crippen LogP contribution in [0.15, 0.2) is 158 Å². The maximum atomic E-state index is 5.08. The van der Waals surface area contributed by atoms with Crippen LogP contribution in [0.4, 0.5) is 0 Å². The Labute approximate surface area is 286 Å². The number of fused-ring (bicyclic) bond motifs is 8. The SMILES string of the molecule is CC1(C)c2cc(-c3c4ccccc4c(-c4ccccc4)c4ccc(-c5cnc6ccccc6n5)cc34)c3ccccc3c2C2C=CC=CC21. The molecule has 2 nitrogen and oxygen atoms in total. The predicted molar refractivity (Wildman–Crippen MR) is 206 cm³/mol. The van der Waals surface area contributed by atoms with Crippen LogP contribution < -0.4 is 0 Å². The molecule has 7 aromatic carbocycles. The number of para-hydroxylation sites is 2. The minimum absolute atomic E-state index is 0.0124. The van der Waals surface area contributed by atoms with Crippen molar-refractivity contribution in [2.45, 2.75) is 25.2 Å². The minimum Gasteiger partial charge on any atom is -0.252 e. The van der Waals surface area contributed by atoms with Crippen molar-refractivity contribution < 1.29 is 0 Å². The monoisotopic (exact) mass is 626 g/mol. The molecule has 0 N–H and O–H groups in total. The van der Waals surface area contributed by atoms with Crippen molar-refractivity contribution in [1.82, 2.24) is 9.97 Å². The fourth-order valence-electron chi connectivity index (χ4n) is 8.89. The fraction of sp³-hybridized carbons (Fsp3) is 0.106. The molecule has 2 unspecified atom stereocenters. The van der Waals surface area contributed by atoms with E-state index in [4.69, 9.17) is 9.97 Å². The molecule has 0 bridgehead atoms. The van der Waals surface area contributed by atoms with E-state index in [1.54, 1.807) is 0 Å². The van der Waals surface area contributed by atoms with Gasteiger partial charge in [-0.25, -0.2) is 4.98 Å². The minimum atomic E-state index is -0.0124. The standard InChI is InChI=1S/C47H34N2/c1-47(2)39-21-11-10-20-36(39)46-32-17-7-6-16-31(32)38(27-40(46)47)45-34-19-9-8-18-33(34)44(29-14-4-3-5-15-29)35-25-24-30(26-37(35)45)43-28-48-41-22-12-13-23-42(41)49-43/h3-28,36,39H,1-2H3. The maximum absolute atomic E-state index is 5.08. The lowest BCUT2D eigenvalue weighted by Gasteiger charge is -2.29. The second-order valence-electron chi connectivity index (χ2n) is 14.1. The third kappa shape index (κ3) is 4.14. The highest BCUT2D eigenvalue weighted by molar-refractivity contribution is 6.24. The molecule has 49 heavy (non-hydrogen) atoms. The maximum Gasteiger partial charge on any atom is 0.0894 e. The Morgan fingerprint density at radius 1 is 0.531 bits per heavy atom. The molecule has 0 fully saturated rings. The molecular formula is C47H34N2. The van der Waals surface area contributed by atoms with E-state index < -0.39 is 0 Å². The van der Waals surface area contributed by atoms with Gasteiger partial charge >= 0.3 is 0 Å². The largest absolute Gasteiger partial charge is 0.252 e. The Kier molecular flexibility index (Phi) is 6.08. The average molecular weight is 627 g/mol. The van der Waals surface area contributed by atoms with Crippen molar-refractivity contribution in [3.63, 3.8) is 0 Å². The van der Waals surface area contributed by atoms with Gasteiger partial charge in [-0.2, -0.15) is 0 Å². The summed E-state index contributed by atoms with van der Waals surface area (Å²) in [5, 5.41) is 7.64. The van der Waals surface area contributed by atoms with Gasteiger partial charge in [-0.15, -0.1) is 0 Å². The van der Waals surface area contributed by atoms with E-state index in [1.807, 2.05) is 30.5 Å². The van der Waals surface area contributed by atoms with E-state index in [9.17, 15) is 0 Å². The van der Waals surface area contributed by atoms with E-state index in [1.165, 1.54) is 65.7 Å². The highest BCUT2D eigenvalue weighted by atomic mass is 14.8. The van der Waals surface area contributed by atoms with Crippen LogP contribution in [0.3, 0.4) is 0 Å². The number of aromatic nitrogens is 2. The van der Waals surface area contributed by atoms with Gasteiger partial charge in [-0.1, -0.05) is 141 Å². The average Bonchev–Trinajstić information content (AvgIpc) is 3.39. The van der Waals surface area contributed by atoms with Crippen LogP contribution in [0.1, 0.15) is 30.9 Å². The summed E-state index contributed by atoms with van der Waals surface area (Å²) in [5.74, 6) is 0.805. The van der Waals surface area contributed by atoms with Crippen molar-refractivity contribution in [2.24, 2.45) is 5.92 Å². The molecule has 2 atom stereocenters. The van der Waals surface area contributed by atoms with Gasteiger partial charge in [0.1, 0.15) is 0 Å². The van der Waals surface area contributed by atoms with Crippen LogP contribution in [0.5, 0.6) is 0 Å². The number of benzene rings is 7. The number of nitrogens with zero attached hydrogens (tertiary/aromatic N) is 2. The zero-order chi connectivity index (χ0) is 32.7. The second kappa shape index (κ2) is 10.6. The molecule has 0 saturated heterocycles. The third-order valence-electron chi connectivity index (χ3n) is 11.2. The van der Waals surface area contributed by atoms with Crippen molar-refractivity contribution in [1.29, 1.82) is 0 Å². The van der Waals surface area contributed by atoms with Gasteiger partial charge in [0.25, 0.3) is 0 Å². The smallest absolute Gasteiger partial charge is 0.0894 e. The summed E-state index contributed by atoms with van der Waals surface area (Å²) in [4.78, 5) is 9.87. The normalized spacial score (nSPS) is 17.6.